The second-order valence-corrected chi connectivity index (χ2v) is 4.37. The van der Waals surface area contributed by atoms with Crippen molar-refractivity contribution in [3.05, 3.63) is 11.6 Å². The van der Waals surface area contributed by atoms with Crippen LogP contribution >= 0.6 is 0 Å². The summed E-state index contributed by atoms with van der Waals surface area (Å²) in [5.74, 6) is 0. The van der Waals surface area contributed by atoms with E-state index in [4.69, 9.17) is 0 Å². The normalized spacial score (nSPS) is 19.1. The summed E-state index contributed by atoms with van der Waals surface area (Å²) in [7, 11) is 0. The first kappa shape index (κ1) is 11.8. The highest BCUT2D eigenvalue weighted by molar-refractivity contribution is 5.06. The molecule has 0 fully saturated rings. The van der Waals surface area contributed by atoms with Gasteiger partial charge in [0.2, 0.25) is 0 Å². The SMILES string of the molecule is CCCNC(CC)CC1=CCCCC1. The molecule has 82 valence electrons. The highest BCUT2D eigenvalue weighted by atomic mass is 14.9. The third kappa shape index (κ3) is 4.28. The van der Waals surface area contributed by atoms with Crippen molar-refractivity contribution in [3.63, 3.8) is 0 Å². The van der Waals surface area contributed by atoms with Gasteiger partial charge >= 0.3 is 0 Å². The van der Waals surface area contributed by atoms with Gasteiger partial charge in [-0.1, -0.05) is 25.5 Å². The maximum Gasteiger partial charge on any atom is 0.0102 e. The van der Waals surface area contributed by atoms with Crippen LogP contribution in [0.25, 0.3) is 0 Å². The smallest absolute Gasteiger partial charge is 0.0102 e. The van der Waals surface area contributed by atoms with Gasteiger partial charge in [0.1, 0.15) is 0 Å². The molecule has 0 aromatic rings. The summed E-state index contributed by atoms with van der Waals surface area (Å²) in [6, 6.07) is 0.722. The molecule has 0 saturated heterocycles. The van der Waals surface area contributed by atoms with E-state index in [2.05, 4.69) is 25.2 Å². The zero-order valence-electron chi connectivity index (χ0n) is 9.81. The Balaban J connectivity index is 2.27. The number of hydrogen-bond donors (Lipinski definition) is 1. The molecule has 0 saturated carbocycles. The van der Waals surface area contributed by atoms with E-state index in [9.17, 15) is 0 Å². The van der Waals surface area contributed by atoms with E-state index in [1.54, 1.807) is 5.57 Å². The quantitative estimate of drug-likeness (QED) is 0.638. The minimum absolute atomic E-state index is 0.722. The minimum Gasteiger partial charge on any atom is -0.314 e. The molecular formula is C13H25N. The van der Waals surface area contributed by atoms with Crippen LogP contribution in [0.5, 0.6) is 0 Å². The first-order valence-electron chi connectivity index (χ1n) is 6.28. The van der Waals surface area contributed by atoms with Crippen LogP contribution in [-0.4, -0.2) is 12.6 Å². The zero-order chi connectivity index (χ0) is 10.2. The summed E-state index contributed by atoms with van der Waals surface area (Å²) in [6.45, 7) is 5.70. The second kappa shape index (κ2) is 7.05. The van der Waals surface area contributed by atoms with Crippen LogP contribution in [0.2, 0.25) is 0 Å². The van der Waals surface area contributed by atoms with Crippen molar-refractivity contribution in [2.24, 2.45) is 0 Å². The summed E-state index contributed by atoms with van der Waals surface area (Å²) in [4.78, 5) is 0. The fourth-order valence-electron chi connectivity index (χ4n) is 2.12. The van der Waals surface area contributed by atoms with Gasteiger partial charge in [0.05, 0.1) is 0 Å². The van der Waals surface area contributed by atoms with Crippen molar-refractivity contribution in [1.29, 1.82) is 0 Å². The predicted octanol–water partition coefficient (Wildman–Crippen LogP) is 3.66. The van der Waals surface area contributed by atoms with E-state index in [-0.39, 0.29) is 0 Å². The molecule has 0 aromatic carbocycles. The highest BCUT2D eigenvalue weighted by Crippen LogP contribution is 2.21. The molecule has 0 spiro atoms. The highest BCUT2D eigenvalue weighted by Gasteiger charge is 2.09. The van der Waals surface area contributed by atoms with E-state index in [1.807, 2.05) is 0 Å². The van der Waals surface area contributed by atoms with E-state index < -0.39 is 0 Å². The summed E-state index contributed by atoms with van der Waals surface area (Å²) >= 11 is 0. The van der Waals surface area contributed by atoms with Crippen molar-refractivity contribution >= 4 is 0 Å². The molecule has 1 aliphatic rings. The van der Waals surface area contributed by atoms with Crippen molar-refractivity contribution < 1.29 is 0 Å². The van der Waals surface area contributed by atoms with Gasteiger partial charge in [-0.3, -0.25) is 0 Å². The van der Waals surface area contributed by atoms with Crippen molar-refractivity contribution in [3.8, 4) is 0 Å². The molecule has 1 heteroatoms. The minimum atomic E-state index is 0.722. The van der Waals surface area contributed by atoms with Crippen LogP contribution in [0.1, 0.15) is 58.8 Å². The first-order valence-corrected chi connectivity index (χ1v) is 6.28. The molecule has 1 N–H and O–H groups in total. The first-order chi connectivity index (χ1) is 6.86. The average molecular weight is 195 g/mol. The Labute approximate surface area is 89.0 Å². The molecule has 0 amide bonds. The lowest BCUT2D eigenvalue weighted by molar-refractivity contribution is 0.481. The Hall–Kier alpha value is -0.300. The van der Waals surface area contributed by atoms with E-state index in [0.29, 0.717) is 0 Å². The molecule has 0 bridgehead atoms. The van der Waals surface area contributed by atoms with Crippen LogP contribution in [0.4, 0.5) is 0 Å². The topological polar surface area (TPSA) is 12.0 Å². The lowest BCUT2D eigenvalue weighted by Gasteiger charge is -2.20. The van der Waals surface area contributed by atoms with Crippen LogP contribution in [-0.2, 0) is 0 Å². The maximum atomic E-state index is 3.63. The Morgan fingerprint density at radius 3 is 2.79 bits per heavy atom. The van der Waals surface area contributed by atoms with Crippen molar-refractivity contribution in [2.75, 3.05) is 6.54 Å². The van der Waals surface area contributed by atoms with E-state index >= 15 is 0 Å². The Morgan fingerprint density at radius 2 is 2.21 bits per heavy atom. The van der Waals surface area contributed by atoms with Gasteiger partial charge in [-0.25, -0.2) is 0 Å². The van der Waals surface area contributed by atoms with Crippen LogP contribution in [0, 0.1) is 0 Å². The van der Waals surface area contributed by atoms with Gasteiger partial charge in [-0.15, -0.1) is 0 Å². The third-order valence-electron chi connectivity index (χ3n) is 3.07. The Bertz CT molecular complexity index is 172. The Kier molecular flexibility index (Phi) is 5.93. The van der Waals surface area contributed by atoms with Crippen molar-refractivity contribution in [2.45, 2.75) is 64.8 Å². The zero-order valence-corrected chi connectivity index (χ0v) is 9.81. The van der Waals surface area contributed by atoms with Crippen LogP contribution < -0.4 is 5.32 Å². The summed E-state index contributed by atoms with van der Waals surface area (Å²) in [5, 5.41) is 3.63. The van der Waals surface area contributed by atoms with E-state index in [1.165, 1.54) is 51.5 Å². The number of rotatable bonds is 6. The summed E-state index contributed by atoms with van der Waals surface area (Å²) in [6.07, 6.45) is 11.8. The molecule has 0 aromatic heterocycles. The molecule has 1 atom stereocenters. The molecule has 14 heavy (non-hydrogen) atoms. The second-order valence-electron chi connectivity index (χ2n) is 4.37. The largest absolute Gasteiger partial charge is 0.314 e. The fourth-order valence-corrected chi connectivity index (χ4v) is 2.12. The Morgan fingerprint density at radius 1 is 1.36 bits per heavy atom. The molecule has 0 aliphatic heterocycles. The van der Waals surface area contributed by atoms with Gasteiger partial charge in [0.15, 0.2) is 0 Å². The molecule has 1 rings (SSSR count). The maximum absolute atomic E-state index is 3.63. The van der Waals surface area contributed by atoms with Gasteiger partial charge < -0.3 is 5.32 Å². The molecule has 0 heterocycles. The number of allylic oxidation sites excluding steroid dienone is 1. The lowest BCUT2D eigenvalue weighted by atomic mass is 9.93. The van der Waals surface area contributed by atoms with Crippen LogP contribution in [0.15, 0.2) is 11.6 Å². The summed E-state index contributed by atoms with van der Waals surface area (Å²) in [5.41, 5.74) is 1.70. The summed E-state index contributed by atoms with van der Waals surface area (Å²) < 4.78 is 0. The third-order valence-corrected chi connectivity index (χ3v) is 3.07. The lowest BCUT2D eigenvalue weighted by Crippen LogP contribution is -2.29. The van der Waals surface area contributed by atoms with Gasteiger partial charge in [-0.2, -0.15) is 0 Å². The fraction of sp³-hybridized carbons (Fsp3) is 0.846. The van der Waals surface area contributed by atoms with Gasteiger partial charge in [-0.05, 0) is 51.5 Å². The van der Waals surface area contributed by atoms with E-state index in [0.717, 1.165) is 6.04 Å². The molecule has 0 radical (unpaired) electrons. The monoisotopic (exact) mass is 195 g/mol. The van der Waals surface area contributed by atoms with Crippen LogP contribution in [0.3, 0.4) is 0 Å². The molecular weight excluding hydrogens is 170 g/mol. The average Bonchev–Trinajstić information content (AvgIpc) is 2.25. The molecule has 1 nitrogen and oxygen atoms in total. The molecule has 1 unspecified atom stereocenters. The molecule has 1 aliphatic carbocycles. The predicted molar refractivity (Wildman–Crippen MR) is 63.5 cm³/mol. The number of nitrogens with one attached hydrogen (secondary N) is 1. The van der Waals surface area contributed by atoms with Gasteiger partial charge in [0.25, 0.3) is 0 Å². The standard InChI is InChI=1S/C13H25N/c1-3-10-14-13(4-2)11-12-8-6-5-7-9-12/h8,13-14H,3-7,9-11H2,1-2H3. The number of hydrogen-bond acceptors (Lipinski definition) is 1. The van der Waals surface area contributed by atoms with Crippen molar-refractivity contribution in [1.82, 2.24) is 5.32 Å². The van der Waals surface area contributed by atoms with Gasteiger partial charge in [0, 0.05) is 6.04 Å².